The summed E-state index contributed by atoms with van der Waals surface area (Å²) in [5.74, 6) is -1.34. The van der Waals surface area contributed by atoms with Crippen molar-refractivity contribution in [2.75, 3.05) is 33.9 Å². The largest absolute Gasteiger partial charge is 0.465 e. The van der Waals surface area contributed by atoms with Crippen molar-refractivity contribution in [3.05, 3.63) is 58.4 Å². The number of aromatic nitrogens is 1. The van der Waals surface area contributed by atoms with Crippen molar-refractivity contribution in [3.63, 3.8) is 0 Å². The van der Waals surface area contributed by atoms with Gasteiger partial charge in [0, 0.05) is 26.7 Å². The second kappa shape index (κ2) is 11.0. The molecule has 1 atom stereocenters. The minimum atomic E-state index is -3.70. The maximum atomic E-state index is 13.2. The lowest BCUT2D eigenvalue weighted by atomic mass is 9.99. The van der Waals surface area contributed by atoms with Crippen LogP contribution in [0.3, 0.4) is 0 Å². The summed E-state index contributed by atoms with van der Waals surface area (Å²) in [7, 11) is -0.778. The molecule has 3 aromatic rings. The summed E-state index contributed by atoms with van der Waals surface area (Å²) in [4.78, 5) is 30.3. The Bertz CT molecular complexity index is 1440. The van der Waals surface area contributed by atoms with E-state index in [9.17, 15) is 18.0 Å². The zero-order valence-corrected chi connectivity index (χ0v) is 22.1. The molecule has 0 spiro atoms. The molecule has 0 saturated carbocycles. The van der Waals surface area contributed by atoms with Crippen LogP contribution in [0, 0.1) is 12.8 Å². The van der Waals surface area contributed by atoms with Crippen LogP contribution in [0.4, 0.5) is 0 Å². The highest BCUT2D eigenvalue weighted by Gasteiger charge is 2.33. The van der Waals surface area contributed by atoms with Gasteiger partial charge in [-0.1, -0.05) is 29.0 Å². The molecule has 4 rings (SSSR count). The number of amides is 1. The summed E-state index contributed by atoms with van der Waals surface area (Å²) in [6.45, 7) is 3.24. The van der Waals surface area contributed by atoms with E-state index in [2.05, 4.69) is 4.99 Å². The molecule has 1 amide bonds. The van der Waals surface area contributed by atoms with Crippen molar-refractivity contribution in [1.82, 2.24) is 8.87 Å². The van der Waals surface area contributed by atoms with Gasteiger partial charge in [-0.15, -0.1) is 0 Å². The van der Waals surface area contributed by atoms with Gasteiger partial charge in [-0.05, 0) is 50.1 Å². The summed E-state index contributed by atoms with van der Waals surface area (Å²) in [5.41, 5.74) is 2.21. The molecule has 0 bridgehead atoms. The van der Waals surface area contributed by atoms with Gasteiger partial charge < -0.3 is 14.0 Å². The molecular weight excluding hydrogens is 502 g/mol. The van der Waals surface area contributed by atoms with Gasteiger partial charge in [0.05, 0.1) is 40.3 Å². The molecule has 36 heavy (non-hydrogen) atoms. The lowest BCUT2D eigenvalue weighted by Crippen LogP contribution is -2.42. The van der Waals surface area contributed by atoms with E-state index in [1.165, 1.54) is 22.8 Å². The highest BCUT2D eigenvalue weighted by molar-refractivity contribution is 7.89. The lowest BCUT2D eigenvalue weighted by molar-refractivity contribution is -0.122. The fraction of sp³-hybridized carbons (Fsp3) is 0.400. The molecule has 0 aliphatic carbocycles. The van der Waals surface area contributed by atoms with Gasteiger partial charge in [0.2, 0.25) is 10.0 Å². The standard InChI is InChI=1S/C25H29N3O6S2/c1-17-6-9-20(10-7-17)36(31,32)27-12-4-5-19(16-27)23(29)26-25-28(13-14-33-2)21-11-8-18(24(30)34-3)15-22(21)35-25/h6-11,15,19H,4-5,12-14,16H2,1-3H3. The van der Waals surface area contributed by atoms with Gasteiger partial charge in [-0.25, -0.2) is 13.2 Å². The number of hydrogen-bond acceptors (Lipinski definition) is 7. The van der Waals surface area contributed by atoms with Crippen molar-refractivity contribution in [2.24, 2.45) is 10.9 Å². The SMILES string of the molecule is COCCn1c(=NC(=O)C2CCCN(S(=O)(=O)c3ccc(C)cc3)C2)sc2cc(C(=O)OC)ccc21. The van der Waals surface area contributed by atoms with E-state index in [1.807, 2.05) is 11.5 Å². The number of fused-ring (bicyclic) bond motifs is 1. The summed E-state index contributed by atoms with van der Waals surface area (Å²) in [6.07, 6.45) is 1.15. The number of hydrogen-bond donors (Lipinski definition) is 0. The first-order valence-electron chi connectivity index (χ1n) is 11.6. The van der Waals surface area contributed by atoms with Gasteiger partial charge in [0.15, 0.2) is 4.80 Å². The zero-order valence-electron chi connectivity index (χ0n) is 20.5. The number of benzene rings is 2. The first kappa shape index (κ1) is 26.2. The average molecular weight is 532 g/mol. The van der Waals surface area contributed by atoms with Crippen molar-refractivity contribution in [2.45, 2.75) is 31.2 Å². The molecule has 2 aromatic carbocycles. The molecule has 1 unspecified atom stereocenters. The second-order valence-electron chi connectivity index (χ2n) is 8.67. The van der Waals surface area contributed by atoms with Crippen molar-refractivity contribution >= 4 is 43.5 Å². The van der Waals surface area contributed by atoms with Gasteiger partial charge in [-0.3, -0.25) is 4.79 Å². The number of piperidine rings is 1. The lowest BCUT2D eigenvalue weighted by Gasteiger charge is -2.30. The highest BCUT2D eigenvalue weighted by atomic mass is 32.2. The highest BCUT2D eigenvalue weighted by Crippen LogP contribution is 2.25. The van der Waals surface area contributed by atoms with E-state index in [4.69, 9.17) is 9.47 Å². The van der Waals surface area contributed by atoms with Crippen molar-refractivity contribution in [3.8, 4) is 0 Å². The zero-order chi connectivity index (χ0) is 25.9. The second-order valence-corrected chi connectivity index (χ2v) is 11.6. The summed E-state index contributed by atoms with van der Waals surface area (Å²) in [5, 5.41) is 0. The van der Waals surface area contributed by atoms with E-state index < -0.39 is 21.9 Å². The number of rotatable bonds is 7. The normalized spacial score (nSPS) is 17.4. The molecule has 192 valence electrons. The Hall–Kier alpha value is -2.86. The average Bonchev–Trinajstić information content (AvgIpc) is 3.23. The Morgan fingerprint density at radius 1 is 1.14 bits per heavy atom. The number of thiazole rings is 1. The van der Waals surface area contributed by atoms with Crippen LogP contribution in [0.2, 0.25) is 0 Å². The molecule has 2 heterocycles. The number of esters is 1. The molecule has 1 aromatic heterocycles. The Morgan fingerprint density at radius 2 is 1.89 bits per heavy atom. The first-order valence-corrected chi connectivity index (χ1v) is 13.9. The predicted octanol–water partition coefficient (Wildman–Crippen LogP) is 2.97. The molecule has 9 nitrogen and oxygen atoms in total. The fourth-order valence-electron chi connectivity index (χ4n) is 4.21. The van der Waals surface area contributed by atoms with E-state index in [0.29, 0.717) is 42.9 Å². The van der Waals surface area contributed by atoms with Gasteiger partial charge in [0.1, 0.15) is 0 Å². The number of aryl methyl sites for hydroxylation is 1. The Kier molecular flexibility index (Phi) is 8.04. The molecule has 0 radical (unpaired) electrons. The van der Waals surface area contributed by atoms with E-state index in [-0.39, 0.29) is 17.3 Å². The van der Waals surface area contributed by atoms with E-state index in [1.54, 1.807) is 49.6 Å². The Balaban J connectivity index is 1.64. The minimum absolute atomic E-state index is 0.0913. The van der Waals surface area contributed by atoms with Crippen LogP contribution in [0.25, 0.3) is 10.2 Å². The quantitative estimate of drug-likeness (QED) is 0.434. The van der Waals surface area contributed by atoms with Crippen LogP contribution in [-0.2, 0) is 30.8 Å². The molecule has 1 aliphatic heterocycles. The number of methoxy groups -OCH3 is 2. The molecule has 1 saturated heterocycles. The molecule has 0 N–H and O–H groups in total. The van der Waals surface area contributed by atoms with Crippen molar-refractivity contribution < 1.29 is 27.5 Å². The maximum absolute atomic E-state index is 13.2. The monoisotopic (exact) mass is 531 g/mol. The van der Waals surface area contributed by atoms with Crippen molar-refractivity contribution in [1.29, 1.82) is 0 Å². The third kappa shape index (κ3) is 5.44. The van der Waals surface area contributed by atoms with Crippen LogP contribution in [-0.4, -0.2) is 63.1 Å². The van der Waals surface area contributed by atoms with Crippen LogP contribution in [0.1, 0.15) is 28.8 Å². The number of carbonyl (C=O) groups is 2. The molecule has 1 aliphatic rings. The third-order valence-electron chi connectivity index (χ3n) is 6.22. The molecule has 11 heteroatoms. The maximum Gasteiger partial charge on any atom is 0.337 e. The number of carbonyl (C=O) groups excluding carboxylic acids is 2. The van der Waals surface area contributed by atoms with E-state index >= 15 is 0 Å². The minimum Gasteiger partial charge on any atom is -0.465 e. The summed E-state index contributed by atoms with van der Waals surface area (Å²) >= 11 is 1.29. The van der Waals surface area contributed by atoms with Gasteiger partial charge in [0.25, 0.3) is 5.91 Å². The Morgan fingerprint density at radius 3 is 2.58 bits per heavy atom. The third-order valence-corrected chi connectivity index (χ3v) is 9.14. The van der Waals surface area contributed by atoms with Crippen LogP contribution >= 0.6 is 11.3 Å². The molecule has 1 fully saturated rings. The van der Waals surface area contributed by atoms with Crippen LogP contribution < -0.4 is 4.80 Å². The van der Waals surface area contributed by atoms with Crippen LogP contribution in [0.5, 0.6) is 0 Å². The number of sulfonamides is 1. The summed E-state index contributed by atoms with van der Waals surface area (Å²) in [6, 6.07) is 11.9. The molecular formula is C25H29N3O6S2. The predicted molar refractivity (Wildman–Crippen MR) is 136 cm³/mol. The van der Waals surface area contributed by atoms with Gasteiger partial charge >= 0.3 is 5.97 Å². The van der Waals surface area contributed by atoms with E-state index in [0.717, 1.165) is 15.8 Å². The smallest absolute Gasteiger partial charge is 0.337 e. The topological polar surface area (TPSA) is 107 Å². The number of ether oxygens (including phenoxy) is 2. The summed E-state index contributed by atoms with van der Waals surface area (Å²) < 4.78 is 40.4. The van der Waals surface area contributed by atoms with Gasteiger partial charge in [-0.2, -0.15) is 9.30 Å². The Labute approximate surface area is 214 Å². The fourth-order valence-corrected chi connectivity index (χ4v) is 6.83. The first-order chi connectivity index (χ1) is 17.2. The van der Waals surface area contributed by atoms with Crippen LogP contribution in [0.15, 0.2) is 52.4 Å². The number of nitrogens with zero attached hydrogens (tertiary/aromatic N) is 3.